The van der Waals surface area contributed by atoms with Gasteiger partial charge in [-0.25, -0.2) is 14.4 Å². The molecule has 4 rings (SSSR count). The van der Waals surface area contributed by atoms with Crippen LogP contribution >= 0.6 is 0 Å². The average Bonchev–Trinajstić information content (AvgIpc) is 2.70. The van der Waals surface area contributed by atoms with Crippen molar-refractivity contribution in [2.24, 2.45) is 0 Å². The molecule has 146 valence electrons. The van der Waals surface area contributed by atoms with Crippen molar-refractivity contribution in [3.8, 4) is 0 Å². The molecule has 7 nitrogen and oxygen atoms in total. The summed E-state index contributed by atoms with van der Waals surface area (Å²) in [6, 6.07) is 7.56. The standard InChI is InChI=1S/C20H21FN4O3/c1-14-7-9-22-18(23-14)19(27)24-10-2-8-20(12-24)13-25(17(26)11-28-20)16-5-3-15(21)4-6-16/h3-7,9H,2,8,10-13H2,1H3. The second kappa shape index (κ2) is 7.27. The highest BCUT2D eigenvalue weighted by Crippen LogP contribution is 2.32. The van der Waals surface area contributed by atoms with Gasteiger partial charge in [-0.15, -0.1) is 0 Å². The van der Waals surface area contributed by atoms with Crippen molar-refractivity contribution in [3.63, 3.8) is 0 Å². The molecule has 2 saturated heterocycles. The Morgan fingerprint density at radius 3 is 2.75 bits per heavy atom. The summed E-state index contributed by atoms with van der Waals surface area (Å²) in [4.78, 5) is 36.9. The van der Waals surface area contributed by atoms with Crippen LogP contribution in [0.1, 0.15) is 29.2 Å². The fraction of sp³-hybridized carbons (Fsp3) is 0.400. The first-order valence-electron chi connectivity index (χ1n) is 9.25. The van der Waals surface area contributed by atoms with E-state index in [1.165, 1.54) is 12.1 Å². The number of hydrogen-bond donors (Lipinski definition) is 0. The zero-order chi connectivity index (χ0) is 19.7. The number of rotatable bonds is 2. The van der Waals surface area contributed by atoms with Gasteiger partial charge in [-0.2, -0.15) is 0 Å². The lowest BCUT2D eigenvalue weighted by Crippen LogP contribution is -2.62. The Morgan fingerprint density at radius 1 is 1.21 bits per heavy atom. The van der Waals surface area contributed by atoms with Gasteiger partial charge in [0.05, 0.1) is 13.1 Å². The molecule has 2 aliphatic heterocycles. The summed E-state index contributed by atoms with van der Waals surface area (Å²) < 4.78 is 19.2. The molecule has 1 aromatic carbocycles. The van der Waals surface area contributed by atoms with Crippen LogP contribution in [0.4, 0.5) is 10.1 Å². The molecule has 1 aromatic heterocycles. The number of halogens is 1. The van der Waals surface area contributed by atoms with Gasteiger partial charge in [0, 0.05) is 24.1 Å². The maximum Gasteiger partial charge on any atom is 0.291 e. The molecule has 2 aromatic rings. The van der Waals surface area contributed by atoms with Crippen molar-refractivity contribution in [1.82, 2.24) is 14.9 Å². The zero-order valence-corrected chi connectivity index (χ0v) is 15.6. The van der Waals surface area contributed by atoms with E-state index in [1.54, 1.807) is 34.2 Å². The van der Waals surface area contributed by atoms with Gasteiger partial charge in [0.15, 0.2) is 0 Å². The smallest absolute Gasteiger partial charge is 0.291 e. The third-order valence-electron chi connectivity index (χ3n) is 5.20. The quantitative estimate of drug-likeness (QED) is 0.791. The molecule has 3 heterocycles. The maximum atomic E-state index is 13.2. The molecule has 8 heteroatoms. The third kappa shape index (κ3) is 3.60. The Bertz CT molecular complexity index is 905. The Kier molecular flexibility index (Phi) is 4.80. The van der Waals surface area contributed by atoms with Crippen molar-refractivity contribution in [2.45, 2.75) is 25.4 Å². The number of carbonyl (C=O) groups excluding carboxylic acids is 2. The Morgan fingerprint density at radius 2 is 2.00 bits per heavy atom. The van der Waals surface area contributed by atoms with E-state index in [9.17, 15) is 14.0 Å². The molecule has 1 atom stereocenters. The number of carbonyl (C=O) groups is 2. The van der Waals surface area contributed by atoms with E-state index in [4.69, 9.17) is 4.74 Å². The monoisotopic (exact) mass is 384 g/mol. The molecule has 2 aliphatic rings. The summed E-state index contributed by atoms with van der Waals surface area (Å²) >= 11 is 0. The number of ether oxygens (including phenoxy) is 1. The summed E-state index contributed by atoms with van der Waals surface area (Å²) in [5.74, 6) is -0.606. The molecule has 2 fully saturated rings. The van der Waals surface area contributed by atoms with Gasteiger partial charge in [0.2, 0.25) is 5.82 Å². The summed E-state index contributed by atoms with van der Waals surface area (Å²) in [5, 5.41) is 0. The molecule has 1 spiro atoms. The number of likely N-dealkylation sites (tertiary alicyclic amines) is 1. The highest BCUT2D eigenvalue weighted by molar-refractivity contribution is 5.95. The van der Waals surface area contributed by atoms with Gasteiger partial charge < -0.3 is 14.5 Å². The first-order valence-corrected chi connectivity index (χ1v) is 9.25. The van der Waals surface area contributed by atoms with Gasteiger partial charge in [-0.3, -0.25) is 9.59 Å². The summed E-state index contributed by atoms with van der Waals surface area (Å²) in [6.07, 6.45) is 3.06. The van der Waals surface area contributed by atoms with Gasteiger partial charge in [0.1, 0.15) is 18.0 Å². The topological polar surface area (TPSA) is 75.6 Å². The molecular weight excluding hydrogens is 363 g/mol. The largest absolute Gasteiger partial charge is 0.361 e. The highest BCUT2D eigenvalue weighted by atomic mass is 19.1. The van der Waals surface area contributed by atoms with Crippen LogP contribution < -0.4 is 4.90 Å². The Labute approximate surface area is 162 Å². The number of morpholine rings is 1. The number of benzene rings is 1. The molecule has 28 heavy (non-hydrogen) atoms. The fourth-order valence-electron chi connectivity index (χ4n) is 3.78. The number of nitrogens with zero attached hydrogens (tertiary/aromatic N) is 4. The zero-order valence-electron chi connectivity index (χ0n) is 15.6. The second-order valence-corrected chi connectivity index (χ2v) is 7.28. The predicted molar refractivity (Wildman–Crippen MR) is 99.3 cm³/mol. The summed E-state index contributed by atoms with van der Waals surface area (Å²) in [7, 11) is 0. The van der Waals surface area contributed by atoms with Crippen molar-refractivity contribution < 1.29 is 18.7 Å². The van der Waals surface area contributed by atoms with E-state index in [2.05, 4.69) is 9.97 Å². The van der Waals surface area contributed by atoms with Crippen molar-refractivity contribution in [3.05, 3.63) is 53.9 Å². The van der Waals surface area contributed by atoms with Crippen molar-refractivity contribution in [1.29, 1.82) is 0 Å². The maximum absolute atomic E-state index is 13.2. The van der Waals surface area contributed by atoms with Crippen LogP contribution in [0.5, 0.6) is 0 Å². The molecule has 0 bridgehead atoms. The Hall–Kier alpha value is -2.87. The highest BCUT2D eigenvalue weighted by Gasteiger charge is 2.44. The van der Waals surface area contributed by atoms with Crippen LogP contribution in [0, 0.1) is 12.7 Å². The van der Waals surface area contributed by atoms with Crippen LogP contribution in [-0.2, 0) is 9.53 Å². The number of amides is 2. The third-order valence-corrected chi connectivity index (χ3v) is 5.20. The van der Waals surface area contributed by atoms with Gasteiger partial charge in [-0.1, -0.05) is 0 Å². The van der Waals surface area contributed by atoms with E-state index >= 15 is 0 Å². The SMILES string of the molecule is Cc1ccnc(C(=O)N2CCCC3(C2)CN(c2ccc(F)cc2)C(=O)CO3)n1. The van der Waals surface area contributed by atoms with Gasteiger partial charge in [0.25, 0.3) is 11.8 Å². The second-order valence-electron chi connectivity index (χ2n) is 7.28. The molecule has 0 saturated carbocycles. The van der Waals surface area contributed by atoms with E-state index in [-0.39, 0.29) is 30.1 Å². The molecule has 2 amide bonds. The number of aromatic nitrogens is 2. The first kappa shape index (κ1) is 18.5. The average molecular weight is 384 g/mol. The Balaban J connectivity index is 1.54. The number of hydrogen-bond acceptors (Lipinski definition) is 5. The van der Waals surface area contributed by atoms with Crippen LogP contribution in [0.25, 0.3) is 0 Å². The van der Waals surface area contributed by atoms with Gasteiger partial charge in [-0.05, 0) is 50.1 Å². The molecular formula is C20H21FN4O3. The van der Waals surface area contributed by atoms with Crippen LogP contribution in [0.3, 0.4) is 0 Å². The molecule has 0 N–H and O–H groups in total. The minimum atomic E-state index is -0.653. The van der Waals surface area contributed by atoms with Gasteiger partial charge >= 0.3 is 0 Å². The van der Waals surface area contributed by atoms with E-state index in [0.29, 0.717) is 25.3 Å². The van der Waals surface area contributed by atoms with Crippen LogP contribution in [0.2, 0.25) is 0 Å². The molecule has 0 radical (unpaired) electrons. The summed E-state index contributed by atoms with van der Waals surface area (Å²) in [6.45, 7) is 3.00. The lowest BCUT2D eigenvalue weighted by atomic mass is 9.90. The first-order chi connectivity index (χ1) is 13.5. The summed E-state index contributed by atoms with van der Waals surface area (Å²) in [5.41, 5.74) is 0.701. The lowest BCUT2D eigenvalue weighted by molar-refractivity contribution is -0.144. The minimum Gasteiger partial charge on any atom is -0.361 e. The molecule has 1 unspecified atom stereocenters. The van der Waals surface area contributed by atoms with E-state index in [0.717, 1.165) is 18.5 Å². The minimum absolute atomic E-state index is 0.0691. The van der Waals surface area contributed by atoms with Crippen LogP contribution in [0.15, 0.2) is 36.5 Å². The normalized spacial score (nSPS) is 22.6. The van der Waals surface area contributed by atoms with Crippen molar-refractivity contribution in [2.75, 3.05) is 31.1 Å². The lowest BCUT2D eigenvalue weighted by Gasteiger charge is -2.47. The van der Waals surface area contributed by atoms with Crippen molar-refractivity contribution >= 4 is 17.5 Å². The number of piperidine rings is 1. The number of aryl methyl sites for hydroxylation is 1. The van der Waals surface area contributed by atoms with E-state index in [1.807, 2.05) is 6.92 Å². The number of anilines is 1. The van der Waals surface area contributed by atoms with Crippen LogP contribution in [-0.4, -0.2) is 58.5 Å². The molecule has 0 aliphatic carbocycles. The predicted octanol–water partition coefficient (Wildman–Crippen LogP) is 1.96. The fourth-order valence-corrected chi connectivity index (χ4v) is 3.78. The van der Waals surface area contributed by atoms with E-state index < -0.39 is 5.60 Å².